The average Bonchev–Trinajstić information content (AvgIpc) is 3.16. The Morgan fingerprint density at radius 2 is 1.90 bits per heavy atom. The Labute approximate surface area is 166 Å². The Morgan fingerprint density at radius 1 is 1.14 bits per heavy atom. The molecule has 1 unspecified atom stereocenters. The minimum Gasteiger partial charge on any atom is -0.497 e. The van der Waals surface area contributed by atoms with Crippen LogP contribution in [0, 0.1) is 0 Å². The first-order chi connectivity index (χ1) is 13.6. The molecule has 0 N–H and O–H groups in total. The lowest BCUT2D eigenvalue weighted by Gasteiger charge is -2.19. The van der Waals surface area contributed by atoms with Gasteiger partial charge in [-0.05, 0) is 24.6 Å². The Bertz CT molecular complexity index is 982. The molecule has 11 heteroatoms. The van der Waals surface area contributed by atoms with Gasteiger partial charge in [-0.15, -0.1) is 0 Å². The number of pyridine rings is 1. The SMILES string of the molecule is COc1ccc(OC)c(S(=O)(=O)N2CCC(Oc3cc(C(F)(F)F)ccn3)C2)c1. The van der Waals surface area contributed by atoms with Crippen LogP contribution in [0.1, 0.15) is 12.0 Å². The molecule has 0 amide bonds. The van der Waals surface area contributed by atoms with E-state index in [1.54, 1.807) is 6.07 Å². The number of aromatic nitrogens is 1. The van der Waals surface area contributed by atoms with Gasteiger partial charge in [-0.2, -0.15) is 17.5 Å². The average molecular weight is 432 g/mol. The Balaban J connectivity index is 1.77. The molecule has 3 rings (SSSR count). The van der Waals surface area contributed by atoms with Crippen LogP contribution in [-0.2, 0) is 16.2 Å². The smallest absolute Gasteiger partial charge is 0.416 e. The molecule has 0 saturated carbocycles. The standard InChI is InChI=1S/C18H19F3N2O5S/c1-26-13-3-4-15(27-2)16(10-13)29(24,25)23-8-6-14(11-23)28-17-9-12(5-7-22-17)18(19,20)21/h3-5,7,9-10,14H,6,8,11H2,1-2H3. The van der Waals surface area contributed by atoms with Crippen LogP contribution in [0.2, 0.25) is 0 Å². The fourth-order valence-corrected chi connectivity index (χ4v) is 4.61. The van der Waals surface area contributed by atoms with Crippen molar-refractivity contribution >= 4 is 10.0 Å². The molecule has 1 saturated heterocycles. The second-order valence-corrected chi connectivity index (χ2v) is 8.20. The van der Waals surface area contributed by atoms with Crippen LogP contribution < -0.4 is 14.2 Å². The highest BCUT2D eigenvalue weighted by Crippen LogP contribution is 2.33. The lowest BCUT2D eigenvalue weighted by Crippen LogP contribution is -2.31. The van der Waals surface area contributed by atoms with Crippen molar-refractivity contribution in [3.63, 3.8) is 0 Å². The van der Waals surface area contributed by atoms with Gasteiger partial charge in [-0.1, -0.05) is 0 Å². The number of halogens is 3. The molecule has 7 nitrogen and oxygen atoms in total. The number of sulfonamides is 1. The maximum atomic E-state index is 13.0. The summed E-state index contributed by atoms with van der Waals surface area (Å²) in [6, 6.07) is 6.06. The zero-order valence-electron chi connectivity index (χ0n) is 15.6. The Kier molecular flexibility index (Phi) is 5.90. The van der Waals surface area contributed by atoms with Gasteiger partial charge in [-0.3, -0.25) is 0 Å². The lowest BCUT2D eigenvalue weighted by atomic mass is 10.2. The normalized spacial score (nSPS) is 17.9. The van der Waals surface area contributed by atoms with Gasteiger partial charge in [0.15, 0.2) is 0 Å². The topological polar surface area (TPSA) is 78.0 Å². The van der Waals surface area contributed by atoms with Gasteiger partial charge in [0.2, 0.25) is 15.9 Å². The zero-order valence-corrected chi connectivity index (χ0v) is 16.5. The second-order valence-electron chi connectivity index (χ2n) is 6.29. The summed E-state index contributed by atoms with van der Waals surface area (Å²) in [6.07, 6.45) is -3.83. The number of rotatable bonds is 6. The largest absolute Gasteiger partial charge is 0.497 e. The molecule has 29 heavy (non-hydrogen) atoms. The van der Waals surface area contributed by atoms with E-state index in [2.05, 4.69) is 4.98 Å². The highest BCUT2D eigenvalue weighted by atomic mass is 32.2. The molecule has 0 radical (unpaired) electrons. The van der Waals surface area contributed by atoms with Crippen LogP contribution in [0.25, 0.3) is 0 Å². The van der Waals surface area contributed by atoms with Crippen LogP contribution in [0.3, 0.4) is 0 Å². The predicted molar refractivity (Wildman–Crippen MR) is 96.6 cm³/mol. The van der Waals surface area contributed by atoms with Gasteiger partial charge in [-0.25, -0.2) is 13.4 Å². The fourth-order valence-electron chi connectivity index (χ4n) is 2.96. The minimum absolute atomic E-state index is 0.0272. The summed E-state index contributed by atoms with van der Waals surface area (Å²) in [7, 11) is -1.15. The molecule has 0 spiro atoms. The summed E-state index contributed by atoms with van der Waals surface area (Å²) in [6.45, 7) is 0.118. The number of alkyl halides is 3. The van der Waals surface area contributed by atoms with E-state index in [4.69, 9.17) is 14.2 Å². The van der Waals surface area contributed by atoms with E-state index in [9.17, 15) is 21.6 Å². The first kappa shape index (κ1) is 21.2. The van der Waals surface area contributed by atoms with Crippen molar-refractivity contribution in [2.75, 3.05) is 27.3 Å². The first-order valence-corrected chi connectivity index (χ1v) is 10.0. The number of hydrogen-bond acceptors (Lipinski definition) is 6. The molecule has 1 fully saturated rings. The van der Waals surface area contributed by atoms with Gasteiger partial charge < -0.3 is 14.2 Å². The van der Waals surface area contributed by atoms with E-state index in [-0.39, 0.29) is 29.6 Å². The Hall–Kier alpha value is -2.53. The first-order valence-electron chi connectivity index (χ1n) is 8.57. The number of methoxy groups -OCH3 is 2. The van der Waals surface area contributed by atoms with E-state index >= 15 is 0 Å². The molecule has 0 aliphatic carbocycles. The van der Waals surface area contributed by atoms with Gasteiger partial charge in [0.05, 0.1) is 26.3 Å². The highest BCUT2D eigenvalue weighted by molar-refractivity contribution is 7.89. The summed E-state index contributed by atoms with van der Waals surface area (Å²) in [5, 5.41) is 0. The maximum absolute atomic E-state index is 13.0. The number of benzene rings is 1. The third-order valence-electron chi connectivity index (χ3n) is 4.45. The van der Waals surface area contributed by atoms with Crippen LogP contribution in [0.15, 0.2) is 41.4 Å². The summed E-state index contributed by atoms with van der Waals surface area (Å²) in [5.41, 5.74) is -0.883. The Morgan fingerprint density at radius 3 is 2.55 bits per heavy atom. The summed E-state index contributed by atoms with van der Waals surface area (Å²) in [5.74, 6) is 0.308. The van der Waals surface area contributed by atoms with E-state index in [0.29, 0.717) is 12.2 Å². The molecule has 2 heterocycles. The minimum atomic E-state index is -4.52. The number of nitrogens with zero attached hydrogens (tertiary/aromatic N) is 2. The molecular formula is C18H19F3N2O5S. The molecule has 1 aliphatic rings. The van der Waals surface area contributed by atoms with Crippen molar-refractivity contribution in [2.24, 2.45) is 0 Å². The highest BCUT2D eigenvalue weighted by Gasteiger charge is 2.36. The fraction of sp³-hybridized carbons (Fsp3) is 0.389. The molecular weight excluding hydrogens is 413 g/mol. The number of ether oxygens (including phenoxy) is 3. The van der Waals surface area contributed by atoms with Crippen molar-refractivity contribution in [1.29, 1.82) is 0 Å². The van der Waals surface area contributed by atoms with Crippen LogP contribution >= 0.6 is 0 Å². The molecule has 158 valence electrons. The van der Waals surface area contributed by atoms with E-state index in [1.165, 1.54) is 30.7 Å². The summed E-state index contributed by atoms with van der Waals surface area (Å²) < 4.78 is 81.5. The maximum Gasteiger partial charge on any atom is 0.416 e. The summed E-state index contributed by atoms with van der Waals surface area (Å²) >= 11 is 0. The van der Waals surface area contributed by atoms with Gasteiger partial charge in [0.25, 0.3) is 0 Å². The van der Waals surface area contributed by atoms with Crippen molar-refractivity contribution in [3.8, 4) is 17.4 Å². The molecule has 1 aliphatic heterocycles. The third kappa shape index (κ3) is 4.56. The van der Waals surface area contributed by atoms with E-state index in [0.717, 1.165) is 18.3 Å². The van der Waals surface area contributed by atoms with Crippen molar-refractivity contribution in [2.45, 2.75) is 23.6 Å². The number of hydrogen-bond donors (Lipinski definition) is 0. The monoisotopic (exact) mass is 432 g/mol. The van der Waals surface area contributed by atoms with Crippen LogP contribution in [0.4, 0.5) is 13.2 Å². The van der Waals surface area contributed by atoms with Crippen LogP contribution in [0.5, 0.6) is 17.4 Å². The van der Waals surface area contributed by atoms with Gasteiger partial charge in [0, 0.05) is 24.9 Å². The third-order valence-corrected chi connectivity index (χ3v) is 6.33. The van der Waals surface area contributed by atoms with E-state index < -0.39 is 27.9 Å². The zero-order chi connectivity index (χ0) is 21.2. The van der Waals surface area contributed by atoms with Crippen LogP contribution in [-0.4, -0.2) is 51.1 Å². The summed E-state index contributed by atoms with van der Waals surface area (Å²) in [4.78, 5) is 3.73. The van der Waals surface area contributed by atoms with Crippen molar-refractivity contribution in [1.82, 2.24) is 9.29 Å². The second kappa shape index (κ2) is 8.07. The van der Waals surface area contributed by atoms with Crippen molar-refractivity contribution in [3.05, 3.63) is 42.1 Å². The molecule has 1 atom stereocenters. The van der Waals surface area contributed by atoms with Crippen molar-refractivity contribution < 1.29 is 35.8 Å². The predicted octanol–water partition coefficient (Wildman–Crippen LogP) is 2.96. The lowest BCUT2D eigenvalue weighted by molar-refractivity contribution is -0.137. The molecule has 1 aromatic heterocycles. The van der Waals surface area contributed by atoms with Gasteiger partial charge in [0.1, 0.15) is 22.5 Å². The molecule has 0 bridgehead atoms. The molecule has 2 aromatic rings. The van der Waals surface area contributed by atoms with Gasteiger partial charge >= 0.3 is 6.18 Å². The molecule has 1 aromatic carbocycles. The quantitative estimate of drug-likeness (QED) is 0.699. The van der Waals surface area contributed by atoms with E-state index in [1.807, 2.05) is 0 Å².